The molecule has 0 bridgehead atoms. The van der Waals surface area contributed by atoms with E-state index in [2.05, 4.69) is 41.0 Å². The van der Waals surface area contributed by atoms with Crippen molar-refractivity contribution in [1.82, 2.24) is 10.2 Å². The molecule has 0 aliphatic carbocycles. The van der Waals surface area contributed by atoms with Gasteiger partial charge >= 0.3 is 0 Å². The van der Waals surface area contributed by atoms with Crippen molar-refractivity contribution in [2.24, 2.45) is 5.92 Å². The van der Waals surface area contributed by atoms with Crippen LogP contribution in [-0.2, 0) is 0 Å². The summed E-state index contributed by atoms with van der Waals surface area (Å²) >= 11 is 1.82. The molecule has 0 aromatic carbocycles. The molecule has 1 aromatic rings. The summed E-state index contributed by atoms with van der Waals surface area (Å²) in [5.74, 6) is 0.773. The number of thiophene rings is 1. The molecule has 2 atom stereocenters. The van der Waals surface area contributed by atoms with Gasteiger partial charge in [-0.2, -0.15) is 11.3 Å². The molecule has 1 saturated heterocycles. The zero-order chi connectivity index (χ0) is 12.1. The number of nitrogens with zero attached hydrogens (tertiary/aromatic N) is 1. The molecule has 1 aromatic heterocycles. The molecule has 2 nitrogen and oxygen atoms in total. The second-order valence-electron chi connectivity index (χ2n) is 5.09. The molecule has 0 spiro atoms. The lowest BCUT2D eigenvalue weighted by Gasteiger charge is -2.39. The third-order valence-corrected chi connectivity index (χ3v) is 4.43. The van der Waals surface area contributed by atoms with Crippen molar-refractivity contribution in [3.8, 4) is 0 Å². The van der Waals surface area contributed by atoms with Gasteiger partial charge in [0.15, 0.2) is 0 Å². The number of hydrogen-bond donors (Lipinski definition) is 1. The highest BCUT2D eigenvalue weighted by Crippen LogP contribution is 2.35. The van der Waals surface area contributed by atoms with Crippen molar-refractivity contribution in [3.63, 3.8) is 0 Å². The smallest absolute Gasteiger partial charge is 0.0393 e. The first kappa shape index (κ1) is 13.1. The summed E-state index contributed by atoms with van der Waals surface area (Å²) in [6.45, 7) is 5.79. The molecule has 1 N–H and O–H groups in total. The zero-order valence-electron chi connectivity index (χ0n) is 11.0. The van der Waals surface area contributed by atoms with Gasteiger partial charge in [0.1, 0.15) is 0 Å². The molecule has 2 heterocycles. The van der Waals surface area contributed by atoms with Crippen molar-refractivity contribution in [3.05, 3.63) is 22.4 Å². The molecule has 3 heteroatoms. The van der Waals surface area contributed by atoms with Gasteiger partial charge in [0.25, 0.3) is 0 Å². The first-order valence-corrected chi connectivity index (χ1v) is 7.70. The first-order chi connectivity index (χ1) is 8.33. The third kappa shape index (κ3) is 3.30. The summed E-state index contributed by atoms with van der Waals surface area (Å²) in [6, 6.07) is 2.92. The normalized spacial score (nSPS) is 26.2. The molecule has 2 rings (SSSR count). The summed E-state index contributed by atoms with van der Waals surface area (Å²) in [5.41, 5.74) is 1.51. The summed E-state index contributed by atoms with van der Waals surface area (Å²) < 4.78 is 0. The van der Waals surface area contributed by atoms with Crippen LogP contribution in [0.4, 0.5) is 0 Å². The van der Waals surface area contributed by atoms with Crippen molar-refractivity contribution in [1.29, 1.82) is 0 Å². The van der Waals surface area contributed by atoms with Crippen LogP contribution in [0.1, 0.15) is 37.8 Å². The van der Waals surface area contributed by atoms with Crippen molar-refractivity contribution >= 4 is 11.3 Å². The molecule has 1 aliphatic heterocycles. The lowest BCUT2D eigenvalue weighted by atomic mass is 9.86. The minimum Gasteiger partial charge on any atom is -0.316 e. The van der Waals surface area contributed by atoms with Crippen LogP contribution < -0.4 is 5.32 Å². The Labute approximate surface area is 109 Å². The summed E-state index contributed by atoms with van der Waals surface area (Å²) in [6.07, 6.45) is 3.93. The van der Waals surface area contributed by atoms with Gasteiger partial charge in [0.2, 0.25) is 0 Å². The van der Waals surface area contributed by atoms with E-state index in [1.807, 2.05) is 11.3 Å². The fraction of sp³-hybridized carbons (Fsp3) is 0.714. The number of hydrogen-bond acceptors (Lipinski definition) is 3. The molecule has 1 aliphatic rings. The van der Waals surface area contributed by atoms with Gasteiger partial charge in [-0.1, -0.05) is 6.92 Å². The van der Waals surface area contributed by atoms with Crippen LogP contribution in [0.15, 0.2) is 16.8 Å². The molecule has 2 unspecified atom stereocenters. The monoisotopic (exact) mass is 252 g/mol. The molecule has 0 amide bonds. The first-order valence-electron chi connectivity index (χ1n) is 6.76. The Morgan fingerprint density at radius 3 is 3.12 bits per heavy atom. The summed E-state index contributed by atoms with van der Waals surface area (Å²) in [7, 11) is 2.27. The molecule has 17 heavy (non-hydrogen) atoms. The quantitative estimate of drug-likeness (QED) is 0.810. The average molecular weight is 252 g/mol. The Morgan fingerprint density at radius 1 is 1.53 bits per heavy atom. The topological polar surface area (TPSA) is 15.3 Å². The maximum atomic E-state index is 3.59. The van der Waals surface area contributed by atoms with Crippen molar-refractivity contribution in [2.45, 2.75) is 32.2 Å². The van der Waals surface area contributed by atoms with E-state index in [0.717, 1.165) is 12.5 Å². The summed E-state index contributed by atoms with van der Waals surface area (Å²) in [5, 5.41) is 8.12. The van der Waals surface area contributed by atoms with Crippen LogP contribution >= 0.6 is 11.3 Å². The fourth-order valence-electron chi connectivity index (χ4n) is 2.91. The van der Waals surface area contributed by atoms with E-state index in [-0.39, 0.29) is 0 Å². The fourth-order valence-corrected chi connectivity index (χ4v) is 3.60. The van der Waals surface area contributed by atoms with Crippen LogP contribution in [0.2, 0.25) is 0 Å². The van der Waals surface area contributed by atoms with E-state index < -0.39 is 0 Å². The van der Waals surface area contributed by atoms with Gasteiger partial charge in [-0.15, -0.1) is 0 Å². The second kappa shape index (κ2) is 6.53. The standard InChI is InChI=1S/C14H24N2S/c1-3-7-15-10-12-5-4-8-16(2)14(12)13-6-9-17-11-13/h6,9,11-12,14-15H,3-5,7-8,10H2,1-2H3. The average Bonchev–Trinajstić information content (AvgIpc) is 2.83. The number of piperidine rings is 1. The highest BCUT2D eigenvalue weighted by molar-refractivity contribution is 7.07. The van der Waals surface area contributed by atoms with E-state index in [4.69, 9.17) is 0 Å². The van der Waals surface area contributed by atoms with Gasteiger partial charge in [-0.3, -0.25) is 4.90 Å². The van der Waals surface area contributed by atoms with E-state index >= 15 is 0 Å². The lowest BCUT2D eigenvalue weighted by molar-refractivity contribution is 0.120. The number of rotatable bonds is 5. The SMILES string of the molecule is CCCNCC1CCCN(C)C1c1ccsc1. The Balaban J connectivity index is 2.01. The Hall–Kier alpha value is -0.380. The molecular weight excluding hydrogens is 228 g/mol. The summed E-state index contributed by atoms with van der Waals surface area (Å²) in [4.78, 5) is 2.53. The van der Waals surface area contributed by atoms with Gasteiger partial charge < -0.3 is 5.32 Å². The van der Waals surface area contributed by atoms with Gasteiger partial charge in [0.05, 0.1) is 0 Å². The molecular formula is C14H24N2S. The van der Waals surface area contributed by atoms with Gasteiger partial charge in [-0.25, -0.2) is 0 Å². The predicted octanol–water partition coefficient (Wildman–Crippen LogP) is 3.13. The largest absolute Gasteiger partial charge is 0.316 e. The maximum Gasteiger partial charge on any atom is 0.0393 e. The van der Waals surface area contributed by atoms with Crippen LogP contribution in [0.5, 0.6) is 0 Å². The second-order valence-corrected chi connectivity index (χ2v) is 5.87. The number of nitrogens with one attached hydrogen (secondary N) is 1. The van der Waals surface area contributed by atoms with Crippen molar-refractivity contribution < 1.29 is 0 Å². The predicted molar refractivity (Wildman–Crippen MR) is 75.6 cm³/mol. The number of likely N-dealkylation sites (tertiary alicyclic amines) is 1. The Bertz CT molecular complexity index is 310. The van der Waals surface area contributed by atoms with E-state index in [9.17, 15) is 0 Å². The molecule has 0 saturated carbocycles. The van der Waals surface area contributed by atoms with Crippen LogP contribution in [0.3, 0.4) is 0 Å². The lowest BCUT2D eigenvalue weighted by Crippen LogP contribution is -2.40. The third-order valence-electron chi connectivity index (χ3n) is 3.73. The van der Waals surface area contributed by atoms with E-state index in [1.165, 1.54) is 37.9 Å². The van der Waals surface area contributed by atoms with Crippen LogP contribution in [-0.4, -0.2) is 31.6 Å². The van der Waals surface area contributed by atoms with Gasteiger partial charge in [0, 0.05) is 6.04 Å². The maximum absolute atomic E-state index is 3.59. The highest BCUT2D eigenvalue weighted by atomic mass is 32.1. The van der Waals surface area contributed by atoms with Crippen LogP contribution in [0.25, 0.3) is 0 Å². The van der Waals surface area contributed by atoms with E-state index in [1.54, 1.807) is 0 Å². The minimum atomic E-state index is 0.624. The van der Waals surface area contributed by atoms with Crippen molar-refractivity contribution in [2.75, 3.05) is 26.7 Å². The highest BCUT2D eigenvalue weighted by Gasteiger charge is 2.30. The van der Waals surface area contributed by atoms with E-state index in [0.29, 0.717) is 6.04 Å². The molecule has 96 valence electrons. The molecule has 1 fully saturated rings. The van der Waals surface area contributed by atoms with Gasteiger partial charge in [-0.05, 0) is 74.3 Å². The Kier molecular flexibility index (Phi) is 5.01. The Morgan fingerprint density at radius 2 is 2.41 bits per heavy atom. The molecule has 0 radical (unpaired) electrons. The van der Waals surface area contributed by atoms with Crippen LogP contribution in [0, 0.1) is 5.92 Å². The minimum absolute atomic E-state index is 0.624. The zero-order valence-corrected chi connectivity index (χ0v) is 11.8.